The van der Waals surface area contributed by atoms with Crippen LogP contribution < -0.4 is 5.43 Å². The molecule has 1 aliphatic carbocycles. The molecule has 1 N–H and O–H groups in total. The molecule has 6 heteroatoms. The van der Waals surface area contributed by atoms with E-state index in [0.717, 1.165) is 18.5 Å². The summed E-state index contributed by atoms with van der Waals surface area (Å²) in [4.78, 5) is 29.1. The van der Waals surface area contributed by atoms with Crippen molar-refractivity contribution in [1.82, 2.24) is 15.4 Å². The van der Waals surface area contributed by atoms with Gasteiger partial charge in [-0.15, -0.1) is 0 Å². The van der Waals surface area contributed by atoms with Crippen molar-refractivity contribution in [1.29, 1.82) is 0 Å². The molecular weight excluding hydrogens is 294 g/mol. The Morgan fingerprint density at radius 3 is 2.52 bits per heavy atom. The number of amides is 2. The molecule has 2 rings (SSSR count). The highest BCUT2D eigenvalue weighted by molar-refractivity contribution is 5.93. The van der Waals surface area contributed by atoms with E-state index in [1.54, 1.807) is 32.9 Å². The van der Waals surface area contributed by atoms with Crippen molar-refractivity contribution in [2.45, 2.75) is 59.1 Å². The average Bonchev–Trinajstić information content (AvgIpc) is 3.26. The van der Waals surface area contributed by atoms with Crippen LogP contribution in [0.5, 0.6) is 0 Å². The molecule has 0 unspecified atom stereocenters. The quantitative estimate of drug-likeness (QED) is 0.869. The lowest BCUT2D eigenvalue weighted by Gasteiger charge is -2.30. The van der Waals surface area contributed by atoms with Gasteiger partial charge in [0.05, 0.1) is 6.04 Å². The lowest BCUT2D eigenvalue weighted by molar-refractivity contribution is 0.0208. The molecule has 1 aromatic heterocycles. The van der Waals surface area contributed by atoms with Gasteiger partial charge in [0.2, 0.25) is 0 Å². The van der Waals surface area contributed by atoms with Crippen LogP contribution in [-0.4, -0.2) is 33.6 Å². The third kappa shape index (κ3) is 4.94. The van der Waals surface area contributed by atoms with Gasteiger partial charge in [0.25, 0.3) is 5.91 Å². The monoisotopic (exact) mass is 319 g/mol. The van der Waals surface area contributed by atoms with Crippen LogP contribution in [-0.2, 0) is 4.74 Å². The van der Waals surface area contributed by atoms with Crippen molar-refractivity contribution in [2.24, 2.45) is 5.92 Å². The van der Waals surface area contributed by atoms with Crippen LogP contribution in [0.15, 0.2) is 18.2 Å². The van der Waals surface area contributed by atoms with E-state index in [1.807, 2.05) is 19.9 Å². The second kappa shape index (κ2) is 6.56. The molecule has 1 aliphatic rings. The second-order valence-corrected chi connectivity index (χ2v) is 7.03. The second-order valence-electron chi connectivity index (χ2n) is 7.03. The highest BCUT2D eigenvalue weighted by Crippen LogP contribution is 2.35. The van der Waals surface area contributed by atoms with E-state index in [1.165, 1.54) is 5.01 Å². The number of ether oxygens (including phenoxy) is 1. The van der Waals surface area contributed by atoms with Crippen molar-refractivity contribution >= 4 is 12.0 Å². The zero-order valence-corrected chi connectivity index (χ0v) is 14.4. The number of hydrazine groups is 1. The van der Waals surface area contributed by atoms with E-state index in [4.69, 9.17) is 4.74 Å². The molecule has 126 valence electrons. The van der Waals surface area contributed by atoms with Crippen LogP contribution in [0.2, 0.25) is 0 Å². The van der Waals surface area contributed by atoms with Gasteiger partial charge in [0.15, 0.2) is 0 Å². The minimum absolute atomic E-state index is 0.0997. The fraction of sp³-hybridized carbons (Fsp3) is 0.588. The van der Waals surface area contributed by atoms with E-state index >= 15 is 0 Å². The average molecular weight is 319 g/mol. The van der Waals surface area contributed by atoms with Gasteiger partial charge in [-0.1, -0.05) is 6.07 Å². The van der Waals surface area contributed by atoms with Crippen molar-refractivity contribution in [2.75, 3.05) is 0 Å². The standard InChI is InChI=1S/C17H25N3O3/c1-11-7-6-8-14(18-11)15(21)20(12(2)13-9-10-13)19-16(22)23-17(3,4)5/h6-8,12-13H,9-10H2,1-5H3,(H,19,22)/t12-/m1/s1. The first-order valence-electron chi connectivity index (χ1n) is 7.94. The van der Waals surface area contributed by atoms with Gasteiger partial charge in [0, 0.05) is 5.69 Å². The molecule has 0 bridgehead atoms. The lowest BCUT2D eigenvalue weighted by Crippen LogP contribution is -2.53. The Hall–Kier alpha value is -2.11. The summed E-state index contributed by atoms with van der Waals surface area (Å²) >= 11 is 0. The molecule has 1 heterocycles. The highest BCUT2D eigenvalue weighted by Gasteiger charge is 2.36. The predicted octanol–water partition coefficient (Wildman–Crippen LogP) is 3.07. The minimum atomic E-state index is -0.633. The topological polar surface area (TPSA) is 71.5 Å². The summed E-state index contributed by atoms with van der Waals surface area (Å²) in [5.41, 5.74) is 3.04. The van der Waals surface area contributed by atoms with Crippen LogP contribution in [0.3, 0.4) is 0 Å². The van der Waals surface area contributed by atoms with Crippen molar-refractivity contribution in [3.63, 3.8) is 0 Å². The molecule has 2 amide bonds. The summed E-state index contributed by atoms with van der Waals surface area (Å²) in [7, 11) is 0. The third-order valence-electron chi connectivity index (χ3n) is 3.65. The smallest absolute Gasteiger partial charge is 0.426 e. The van der Waals surface area contributed by atoms with Crippen molar-refractivity contribution in [3.8, 4) is 0 Å². The van der Waals surface area contributed by atoms with E-state index in [2.05, 4.69) is 10.4 Å². The van der Waals surface area contributed by atoms with Gasteiger partial charge in [-0.25, -0.2) is 20.2 Å². The molecule has 0 spiro atoms. The van der Waals surface area contributed by atoms with Gasteiger partial charge < -0.3 is 4.74 Å². The Morgan fingerprint density at radius 1 is 1.35 bits per heavy atom. The largest absolute Gasteiger partial charge is 0.443 e. The van der Waals surface area contributed by atoms with Gasteiger partial charge >= 0.3 is 6.09 Å². The fourth-order valence-electron chi connectivity index (χ4n) is 2.31. The fourth-order valence-corrected chi connectivity index (χ4v) is 2.31. The molecular formula is C17H25N3O3. The number of carbonyl (C=O) groups excluding carboxylic acids is 2. The van der Waals surface area contributed by atoms with Gasteiger partial charge in [-0.2, -0.15) is 0 Å². The maximum atomic E-state index is 12.8. The summed E-state index contributed by atoms with van der Waals surface area (Å²) in [5, 5.41) is 1.35. The van der Waals surface area contributed by atoms with Crippen LogP contribution >= 0.6 is 0 Å². The van der Waals surface area contributed by atoms with Gasteiger partial charge in [0.1, 0.15) is 11.3 Å². The number of hydrogen-bond acceptors (Lipinski definition) is 4. The molecule has 6 nitrogen and oxygen atoms in total. The number of nitrogens with one attached hydrogen (secondary N) is 1. The predicted molar refractivity (Wildman–Crippen MR) is 86.7 cm³/mol. The van der Waals surface area contributed by atoms with E-state index < -0.39 is 11.7 Å². The van der Waals surface area contributed by atoms with Gasteiger partial charge in [-0.3, -0.25) is 4.79 Å². The maximum Gasteiger partial charge on any atom is 0.426 e. The van der Waals surface area contributed by atoms with Crippen LogP contribution in [0.1, 0.15) is 56.7 Å². The highest BCUT2D eigenvalue weighted by atomic mass is 16.6. The molecule has 1 atom stereocenters. The minimum Gasteiger partial charge on any atom is -0.443 e. The lowest BCUT2D eigenvalue weighted by atomic mass is 10.2. The van der Waals surface area contributed by atoms with Gasteiger partial charge in [-0.05, 0) is 65.5 Å². The Labute approximate surface area is 137 Å². The molecule has 0 aliphatic heterocycles. The summed E-state index contributed by atoms with van der Waals surface area (Å²) in [6.07, 6.45) is 1.48. The molecule has 23 heavy (non-hydrogen) atoms. The van der Waals surface area contributed by atoms with Crippen molar-refractivity contribution in [3.05, 3.63) is 29.6 Å². The first-order valence-corrected chi connectivity index (χ1v) is 7.94. The van der Waals surface area contributed by atoms with Crippen molar-refractivity contribution < 1.29 is 14.3 Å². The Kier molecular flexibility index (Phi) is 4.92. The first-order chi connectivity index (χ1) is 10.7. The molecule has 1 aromatic rings. The van der Waals surface area contributed by atoms with Crippen LogP contribution in [0, 0.1) is 12.8 Å². The molecule has 0 aromatic carbocycles. The molecule has 1 saturated carbocycles. The summed E-state index contributed by atoms with van der Waals surface area (Å²) < 4.78 is 5.26. The molecule has 0 saturated heterocycles. The van der Waals surface area contributed by atoms with E-state index in [9.17, 15) is 9.59 Å². The Morgan fingerprint density at radius 2 is 2.00 bits per heavy atom. The molecule has 1 fully saturated rings. The summed E-state index contributed by atoms with van der Waals surface area (Å²) in [6.45, 7) is 9.11. The number of nitrogens with zero attached hydrogens (tertiary/aromatic N) is 2. The Balaban J connectivity index is 2.17. The SMILES string of the molecule is Cc1cccc(C(=O)N(NC(=O)OC(C)(C)C)[C@H](C)C2CC2)n1. The number of aryl methyl sites for hydroxylation is 1. The third-order valence-corrected chi connectivity index (χ3v) is 3.65. The number of hydrogen-bond donors (Lipinski definition) is 1. The molecule has 0 radical (unpaired) electrons. The number of carbonyl (C=O) groups is 2. The number of pyridine rings is 1. The van der Waals surface area contributed by atoms with E-state index in [-0.39, 0.29) is 11.9 Å². The Bertz CT molecular complexity index is 591. The van der Waals surface area contributed by atoms with Crippen LogP contribution in [0.4, 0.5) is 4.79 Å². The summed E-state index contributed by atoms with van der Waals surface area (Å²) in [5.74, 6) is 0.0812. The zero-order valence-electron chi connectivity index (χ0n) is 14.4. The normalized spacial score (nSPS) is 15.7. The maximum absolute atomic E-state index is 12.8. The van der Waals surface area contributed by atoms with Crippen LogP contribution in [0.25, 0.3) is 0 Å². The zero-order chi connectivity index (χ0) is 17.2. The van der Waals surface area contributed by atoms with E-state index in [0.29, 0.717) is 11.6 Å². The number of rotatable bonds is 3. The summed E-state index contributed by atoms with van der Waals surface area (Å²) in [6, 6.07) is 5.16. The number of aromatic nitrogens is 1. The first kappa shape index (κ1) is 17.2.